The van der Waals surface area contributed by atoms with Crippen molar-refractivity contribution in [2.45, 2.75) is 45.6 Å². The highest BCUT2D eigenvalue weighted by Gasteiger charge is 2.36. The number of carbonyl (C=O) groups is 1. The molecule has 2 N–H and O–H groups in total. The molecule has 0 aliphatic carbocycles. The van der Waals surface area contributed by atoms with Crippen molar-refractivity contribution >= 4 is 49.4 Å². The number of nitriles is 1. The minimum atomic E-state index is -0.812. The molecule has 0 radical (unpaired) electrons. The standard InChI is InChI=1S/C30H31F2N7O4S/c1-30(2,3)43-29(41)37-27-15(6-33)22-25(34-8-19(31)26(22)44-27)21-18-13-42-12-17(18)16-7-35-28(36-24(16)23(21)32)39-9-14(11-40)20(10-39)38(4)5/h7-8,14,20,40H,9-13H2,1-5H3,(H,37,41)/t14-,20-/m0/s1. The van der Waals surface area contributed by atoms with Gasteiger partial charge in [0, 0.05) is 54.2 Å². The van der Waals surface area contributed by atoms with E-state index in [1.807, 2.05) is 30.0 Å². The number of benzene rings is 1. The van der Waals surface area contributed by atoms with Crippen molar-refractivity contribution in [3.63, 3.8) is 0 Å². The van der Waals surface area contributed by atoms with Gasteiger partial charge in [-0.05, 0) is 46.0 Å². The summed E-state index contributed by atoms with van der Waals surface area (Å²) < 4.78 is 43.0. The number of ether oxygens (including phenoxy) is 2. The molecule has 1 saturated heterocycles. The van der Waals surface area contributed by atoms with Gasteiger partial charge in [-0.15, -0.1) is 11.3 Å². The van der Waals surface area contributed by atoms with Gasteiger partial charge in [-0.25, -0.2) is 23.5 Å². The third kappa shape index (κ3) is 5.09. The Labute approximate surface area is 256 Å². The number of likely N-dealkylation sites (N-methyl/N-ethyl adjacent to an activating group) is 1. The second-order valence-corrected chi connectivity index (χ2v) is 13.2. The fourth-order valence-corrected chi connectivity index (χ4v) is 6.97. The number of fused-ring (bicyclic) bond motifs is 4. The summed E-state index contributed by atoms with van der Waals surface area (Å²) in [6.45, 7) is 6.39. The summed E-state index contributed by atoms with van der Waals surface area (Å²) in [5.74, 6) is -1.13. The Bertz CT molecular complexity index is 1850. The number of carbonyl (C=O) groups excluding carboxylic acids is 1. The molecule has 3 aromatic heterocycles. The second-order valence-electron chi connectivity index (χ2n) is 12.2. The van der Waals surface area contributed by atoms with Crippen LogP contribution in [0.5, 0.6) is 0 Å². The van der Waals surface area contributed by atoms with Crippen molar-refractivity contribution in [1.82, 2.24) is 19.9 Å². The molecule has 5 heterocycles. The molecule has 2 aliphatic heterocycles. The fourth-order valence-electron chi connectivity index (χ4n) is 5.94. The second kappa shape index (κ2) is 11.2. The average molecular weight is 624 g/mol. The highest BCUT2D eigenvalue weighted by atomic mass is 32.1. The number of aliphatic hydroxyl groups excluding tert-OH is 1. The quantitative estimate of drug-likeness (QED) is 0.319. The first kappa shape index (κ1) is 30.0. The molecule has 0 bridgehead atoms. The molecule has 4 aromatic rings. The molecule has 1 aromatic carbocycles. The molecule has 0 unspecified atom stereocenters. The van der Waals surface area contributed by atoms with Crippen molar-refractivity contribution in [2.75, 3.05) is 44.0 Å². The molecule has 11 nitrogen and oxygen atoms in total. The Hall–Kier alpha value is -4.03. The number of halogens is 2. The van der Waals surface area contributed by atoms with Crippen LogP contribution in [0.25, 0.3) is 32.2 Å². The molecule has 44 heavy (non-hydrogen) atoms. The zero-order chi connectivity index (χ0) is 31.5. The lowest BCUT2D eigenvalue weighted by atomic mass is 9.94. The van der Waals surface area contributed by atoms with Gasteiger partial charge in [0.05, 0.1) is 35.4 Å². The van der Waals surface area contributed by atoms with E-state index in [4.69, 9.17) is 9.47 Å². The zero-order valence-electron chi connectivity index (χ0n) is 24.9. The minimum Gasteiger partial charge on any atom is -0.444 e. The Morgan fingerprint density at radius 2 is 2.00 bits per heavy atom. The summed E-state index contributed by atoms with van der Waals surface area (Å²) in [4.78, 5) is 30.0. The van der Waals surface area contributed by atoms with E-state index in [2.05, 4.69) is 20.3 Å². The van der Waals surface area contributed by atoms with Crippen molar-refractivity contribution in [3.05, 3.63) is 40.7 Å². The molecule has 0 spiro atoms. The first-order valence-corrected chi connectivity index (χ1v) is 14.8. The lowest BCUT2D eigenvalue weighted by Gasteiger charge is -2.23. The van der Waals surface area contributed by atoms with Crippen LogP contribution in [-0.2, 0) is 22.7 Å². The van der Waals surface area contributed by atoms with Crippen LogP contribution in [0.1, 0.15) is 37.5 Å². The number of hydrogen-bond acceptors (Lipinski definition) is 11. The van der Waals surface area contributed by atoms with Gasteiger partial charge in [-0.2, -0.15) is 5.26 Å². The van der Waals surface area contributed by atoms with E-state index >= 15 is 8.78 Å². The molecule has 230 valence electrons. The number of hydrogen-bond donors (Lipinski definition) is 2. The Balaban J connectivity index is 1.52. The largest absolute Gasteiger partial charge is 0.444 e. The van der Waals surface area contributed by atoms with Gasteiger partial charge in [0.25, 0.3) is 0 Å². The topological polar surface area (TPSA) is 137 Å². The number of amides is 1. The maximum absolute atomic E-state index is 16.8. The maximum Gasteiger partial charge on any atom is 0.412 e. The van der Waals surface area contributed by atoms with E-state index in [-0.39, 0.29) is 69.2 Å². The van der Waals surface area contributed by atoms with Crippen molar-refractivity contribution in [2.24, 2.45) is 5.92 Å². The summed E-state index contributed by atoms with van der Waals surface area (Å²) in [7, 11) is 3.89. The molecule has 14 heteroatoms. The number of aromatic nitrogens is 3. The number of anilines is 2. The van der Waals surface area contributed by atoms with E-state index in [1.54, 1.807) is 27.0 Å². The van der Waals surface area contributed by atoms with Gasteiger partial charge in [-0.3, -0.25) is 10.3 Å². The lowest BCUT2D eigenvalue weighted by Crippen LogP contribution is -2.36. The monoisotopic (exact) mass is 623 g/mol. The van der Waals surface area contributed by atoms with Crippen LogP contribution in [0, 0.1) is 28.9 Å². The van der Waals surface area contributed by atoms with Gasteiger partial charge < -0.3 is 24.4 Å². The van der Waals surface area contributed by atoms with E-state index in [0.29, 0.717) is 35.6 Å². The van der Waals surface area contributed by atoms with Crippen LogP contribution in [0.15, 0.2) is 12.4 Å². The van der Waals surface area contributed by atoms with Crippen molar-refractivity contribution < 1.29 is 28.2 Å². The molecule has 2 atom stereocenters. The highest BCUT2D eigenvalue weighted by Crippen LogP contribution is 2.46. The Kier molecular flexibility index (Phi) is 7.61. The minimum absolute atomic E-state index is 0.00480. The smallest absolute Gasteiger partial charge is 0.412 e. The molecular formula is C30H31F2N7O4S. The van der Waals surface area contributed by atoms with Crippen LogP contribution >= 0.6 is 11.3 Å². The molecular weight excluding hydrogens is 592 g/mol. The molecule has 6 rings (SSSR count). The Morgan fingerprint density at radius 3 is 2.66 bits per heavy atom. The first-order valence-electron chi connectivity index (χ1n) is 14.0. The predicted octanol–water partition coefficient (Wildman–Crippen LogP) is 4.79. The lowest BCUT2D eigenvalue weighted by molar-refractivity contribution is 0.0636. The number of rotatable bonds is 5. The number of thiophene rings is 1. The van der Waals surface area contributed by atoms with Gasteiger partial charge >= 0.3 is 6.09 Å². The van der Waals surface area contributed by atoms with E-state index in [9.17, 15) is 15.2 Å². The number of aliphatic hydroxyl groups is 1. The molecule has 1 amide bonds. The van der Waals surface area contributed by atoms with E-state index < -0.39 is 23.3 Å². The predicted molar refractivity (Wildman–Crippen MR) is 161 cm³/mol. The Morgan fingerprint density at radius 1 is 1.25 bits per heavy atom. The summed E-state index contributed by atoms with van der Waals surface area (Å²) in [5, 5.41) is 23.2. The van der Waals surface area contributed by atoms with Crippen LogP contribution in [0.4, 0.5) is 24.5 Å². The van der Waals surface area contributed by atoms with Crippen molar-refractivity contribution in [1.29, 1.82) is 5.26 Å². The fraction of sp³-hybridized carbons (Fsp3) is 0.433. The van der Waals surface area contributed by atoms with Crippen LogP contribution in [0.2, 0.25) is 0 Å². The molecule has 0 saturated carbocycles. The number of nitrogens with zero attached hydrogens (tertiary/aromatic N) is 6. The maximum atomic E-state index is 16.8. The van der Waals surface area contributed by atoms with Crippen LogP contribution in [-0.4, -0.2) is 76.5 Å². The van der Waals surface area contributed by atoms with Crippen LogP contribution in [0.3, 0.4) is 0 Å². The van der Waals surface area contributed by atoms with Crippen LogP contribution < -0.4 is 10.2 Å². The molecule has 1 fully saturated rings. The third-order valence-corrected chi connectivity index (χ3v) is 9.02. The normalized spacial score (nSPS) is 18.3. The third-order valence-electron chi connectivity index (χ3n) is 7.91. The van der Waals surface area contributed by atoms with E-state index in [1.165, 1.54) is 0 Å². The van der Waals surface area contributed by atoms with Gasteiger partial charge in [0.2, 0.25) is 5.95 Å². The summed E-state index contributed by atoms with van der Waals surface area (Å²) in [6, 6.07) is 2.11. The SMILES string of the molecule is CN(C)[C@H]1CN(c2ncc3c4c(c(-c5ncc(F)c6sc(NC(=O)OC(C)(C)C)c(C#N)c56)c(F)c3n2)COC4)C[C@H]1CO. The van der Waals surface area contributed by atoms with Crippen molar-refractivity contribution in [3.8, 4) is 17.3 Å². The summed E-state index contributed by atoms with van der Waals surface area (Å²) in [5.41, 5.74) is 0.475. The molecule has 2 aliphatic rings. The summed E-state index contributed by atoms with van der Waals surface area (Å²) in [6.07, 6.45) is 1.74. The van der Waals surface area contributed by atoms with Gasteiger partial charge in [-0.1, -0.05) is 0 Å². The number of pyridine rings is 1. The van der Waals surface area contributed by atoms with E-state index in [0.717, 1.165) is 17.5 Å². The average Bonchev–Trinajstić information content (AvgIpc) is 3.70. The first-order chi connectivity index (χ1) is 20.9. The highest BCUT2D eigenvalue weighted by molar-refractivity contribution is 7.23. The van der Waals surface area contributed by atoms with Gasteiger partial charge in [0.1, 0.15) is 22.2 Å². The zero-order valence-corrected chi connectivity index (χ0v) is 25.7. The van der Waals surface area contributed by atoms with Gasteiger partial charge in [0.15, 0.2) is 11.6 Å². The number of nitrogens with one attached hydrogen (secondary N) is 1. The summed E-state index contributed by atoms with van der Waals surface area (Å²) >= 11 is 0.845.